The second-order valence-corrected chi connectivity index (χ2v) is 2.88. The molecular weight excluding hydrogens is 211 g/mol. The molecule has 1 heterocycles. The molecule has 4 nitrogen and oxygen atoms in total. The zero-order chi connectivity index (χ0) is 11.5. The van der Waals surface area contributed by atoms with Crippen LogP contribution >= 0.6 is 0 Å². The normalized spacial score (nSPS) is 11.5. The molecule has 7 heteroatoms. The van der Waals surface area contributed by atoms with Crippen LogP contribution in [0.15, 0.2) is 6.20 Å². The largest absolute Gasteiger partial charge is 0.481 e. The first-order valence-electron chi connectivity index (χ1n) is 4.14. The highest BCUT2D eigenvalue weighted by molar-refractivity contribution is 5.30. The third-order valence-electron chi connectivity index (χ3n) is 1.71. The number of nitrogen functional groups attached to an aromatic ring is 1. The lowest BCUT2D eigenvalue weighted by molar-refractivity contribution is -0.134. The third kappa shape index (κ3) is 3.61. The first kappa shape index (κ1) is 11.5. The fraction of sp³-hybridized carbons (Fsp3) is 0.500. The Hall–Kier alpha value is -1.53. The average molecular weight is 221 g/mol. The molecular formula is C8H10F3N3O. The molecule has 0 spiro atoms. The van der Waals surface area contributed by atoms with E-state index in [1.807, 2.05) is 0 Å². The van der Waals surface area contributed by atoms with E-state index >= 15 is 0 Å². The van der Waals surface area contributed by atoms with Gasteiger partial charge in [0, 0.05) is 18.2 Å². The van der Waals surface area contributed by atoms with Gasteiger partial charge in [0.25, 0.3) is 0 Å². The van der Waals surface area contributed by atoms with Crippen molar-refractivity contribution in [2.24, 2.45) is 0 Å². The molecule has 1 aromatic rings. The molecule has 0 fully saturated rings. The van der Waals surface area contributed by atoms with Gasteiger partial charge in [-0.1, -0.05) is 0 Å². The minimum atomic E-state index is -4.20. The lowest BCUT2D eigenvalue weighted by Crippen LogP contribution is -2.10. The van der Waals surface area contributed by atoms with Crippen molar-refractivity contribution in [3.63, 3.8) is 0 Å². The molecule has 0 aliphatic heterocycles. The molecule has 0 aliphatic carbocycles. The molecule has 0 saturated heterocycles. The fourth-order valence-electron chi connectivity index (χ4n) is 1.03. The maximum Gasteiger partial charge on any atom is 0.389 e. The van der Waals surface area contributed by atoms with Crippen LogP contribution in [0.1, 0.15) is 12.0 Å². The van der Waals surface area contributed by atoms with Crippen LogP contribution in [0, 0.1) is 0 Å². The molecule has 0 saturated carbocycles. The highest BCUT2D eigenvalue weighted by Gasteiger charge is 2.27. The summed E-state index contributed by atoms with van der Waals surface area (Å²) in [6, 6.07) is 0. The van der Waals surface area contributed by atoms with Crippen LogP contribution in [-0.4, -0.2) is 23.3 Å². The Morgan fingerprint density at radius 2 is 2.13 bits per heavy atom. The van der Waals surface area contributed by atoms with E-state index in [2.05, 4.69) is 9.97 Å². The SMILES string of the molecule is COc1nc(N)ncc1CCC(F)(F)F. The van der Waals surface area contributed by atoms with Gasteiger partial charge in [-0.2, -0.15) is 18.2 Å². The number of rotatable bonds is 3. The van der Waals surface area contributed by atoms with Gasteiger partial charge in [-0.3, -0.25) is 0 Å². The molecule has 2 N–H and O–H groups in total. The van der Waals surface area contributed by atoms with Crippen LogP contribution in [0.5, 0.6) is 5.88 Å². The van der Waals surface area contributed by atoms with Crippen LogP contribution < -0.4 is 10.5 Å². The van der Waals surface area contributed by atoms with E-state index in [-0.39, 0.29) is 18.2 Å². The number of nitrogens with zero attached hydrogens (tertiary/aromatic N) is 2. The fourth-order valence-corrected chi connectivity index (χ4v) is 1.03. The van der Waals surface area contributed by atoms with Crippen molar-refractivity contribution >= 4 is 5.95 Å². The predicted molar refractivity (Wildman–Crippen MR) is 47.4 cm³/mol. The minimum absolute atomic E-state index is 0.0254. The van der Waals surface area contributed by atoms with Gasteiger partial charge in [-0.05, 0) is 6.42 Å². The van der Waals surface area contributed by atoms with E-state index in [0.717, 1.165) is 0 Å². The Balaban J connectivity index is 2.76. The number of hydrogen-bond acceptors (Lipinski definition) is 4. The van der Waals surface area contributed by atoms with Crippen molar-refractivity contribution in [3.05, 3.63) is 11.8 Å². The van der Waals surface area contributed by atoms with E-state index in [1.54, 1.807) is 0 Å². The highest BCUT2D eigenvalue weighted by Crippen LogP contribution is 2.24. The molecule has 0 amide bonds. The molecule has 84 valence electrons. The van der Waals surface area contributed by atoms with Gasteiger partial charge >= 0.3 is 6.18 Å². The maximum absolute atomic E-state index is 11.9. The van der Waals surface area contributed by atoms with Gasteiger partial charge in [0.15, 0.2) is 0 Å². The van der Waals surface area contributed by atoms with Crippen molar-refractivity contribution in [3.8, 4) is 5.88 Å². The number of halogens is 3. The van der Waals surface area contributed by atoms with Gasteiger partial charge in [0.2, 0.25) is 11.8 Å². The first-order chi connectivity index (χ1) is 6.92. The average Bonchev–Trinajstić information content (AvgIpc) is 2.14. The van der Waals surface area contributed by atoms with Crippen LogP contribution in [0.3, 0.4) is 0 Å². The number of ether oxygens (including phenoxy) is 1. The second-order valence-electron chi connectivity index (χ2n) is 2.88. The quantitative estimate of drug-likeness (QED) is 0.841. The van der Waals surface area contributed by atoms with Crippen molar-refractivity contribution in [2.45, 2.75) is 19.0 Å². The van der Waals surface area contributed by atoms with Crippen molar-refractivity contribution < 1.29 is 17.9 Å². The number of aromatic nitrogens is 2. The summed E-state index contributed by atoms with van der Waals surface area (Å²) in [5.41, 5.74) is 5.56. The number of hydrogen-bond donors (Lipinski definition) is 1. The summed E-state index contributed by atoms with van der Waals surface area (Å²) in [7, 11) is 1.32. The predicted octanol–water partition coefficient (Wildman–Crippen LogP) is 1.56. The van der Waals surface area contributed by atoms with Gasteiger partial charge in [-0.25, -0.2) is 4.98 Å². The molecule has 0 bridgehead atoms. The van der Waals surface area contributed by atoms with Gasteiger partial charge in [-0.15, -0.1) is 0 Å². The second kappa shape index (κ2) is 4.33. The highest BCUT2D eigenvalue weighted by atomic mass is 19.4. The smallest absolute Gasteiger partial charge is 0.389 e. The summed E-state index contributed by atoms with van der Waals surface area (Å²) in [4.78, 5) is 7.28. The van der Waals surface area contributed by atoms with Crippen molar-refractivity contribution in [2.75, 3.05) is 12.8 Å². The number of nitrogens with two attached hydrogens (primary N) is 1. The van der Waals surface area contributed by atoms with E-state index in [1.165, 1.54) is 13.3 Å². The lowest BCUT2D eigenvalue weighted by atomic mass is 10.2. The third-order valence-corrected chi connectivity index (χ3v) is 1.71. The Morgan fingerprint density at radius 1 is 1.47 bits per heavy atom. The summed E-state index contributed by atoms with van der Waals surface area (Å²) in [5, 5.41) is 0. The van der Waals surface area contributed by atoms with Gasteiger partial charge in [0.05, 0.1) is 7.11 Å². The molecule has 0 aromatic carbocycles. The van der Waals surface area contributed by atoms with Gasteiger partial charge < -0.3 is 10.5 Å². The van der Waals surface area contributed by atoms with Crippen LogP contribution in [0.4, 0.5) is 19.1 Å². The van der Waals surface area contributed by atoms with Gasteiger partial charge in [0.1, 0.15) is 0 Å². The van der Waals surface area contributed by atoms with E-state index in [9.17, 15) is 13.2 Å². The van der Waals surface area contributed by atoms with E-state index in [4.69, 9.17) is 10.5 Å². The summed E-state index contributed by atoms with van der Waals surface area (Å²) >= 11 is 0. The number of alkyl halides is 3. The number of anilines is 1. The monoisotopic (exact) mass is 221 g/mol. The number of methoxy groups -OCH3 is 1. The van der Waals surface area contributed by atoms with Crippen LogP contribution in [-0.2, 0) is 6.42 Å². The molecule has 0 atom stereocenters. The zero-order valence-corrected chi connectivity index (χ0v) is 8.01. The molecule has 0 unspecified atom stereocenters. The Bertz CT molecular complexity index is 340. The van der Waals surface area contributed by atoms with Crippen molar-refractivity contribution in [1.82, 2.24) is 9.97 Å². The minimum Gasteiger partial charge on any atom is -0.481 e. The van der Waals surface area contributed by atoms with E-state index in [0.29, 0.717) is 5.56 Å². The summed E-state index contributed by atoms with van der Waals surface area (Å²) in [6.45, 7) is 0. The molecule has 1 aromatic heterocycles. The summed E-state index contributed by atoms with van der Waals surface area (Å²) in [6.07, 6.45) is -4.11. The molecule has 0 aliphatic rings. The Morgan fingerprint density at radius 3 is 2.67 bits per heavy atom. The standard InChI is InChI=1S/C8H10F3N3O/c1-15-6-5(2-3-8(9,10)11)4-13-7(12)14-6/h4H,2-3H2,1H3,(H2,12,13,14). The molecule has 1 rings (SSSR count). The van der Waals surface area contributed by atoms with Crippen molar-refractivity contribution in [1.29, 1.82) is 0 Å². The Kier molecular flexibility index (Phi) is 3.33. The topological polar surface area (TPSA) is 61.0 Å². The van der Waals surface area contributed by atoms with E-state index < -0.39 is 12.6 Å². The van der Waals surface area contributed by atoms with Crippen LogP contribution in [0.25, 0.3) is 0 Å². The summed E-state index contributed by atoms with van der Waals surface area (Å²) < 4.78 is 40.6. The van der Waals surface area contributed by atoms with Crippen LogP contribution in [0.2, 0.25) is 0 Å². The summed E-state index contributed by atoms with van der Waals surface area (Å²) in [5.74, 6) is 0.0642. The molecule has 0 radical (unpaired) electrons. The maximum atomic E-state index is 11.9. The lowest BCUT2D eigenvalue weighted by Gasteiger charge is -2.08. The zero-order valence-electron chi connectivity index (χ0n) is 8.01. The Labute approximate surface area is 84.3 Å². The first-order valence-corrected chi connectivity index (χ1v) is 4.14. The molecule has 15 heavy (non-hydrogen) atoms. The number of aryl methyl sites for hydroxylation is 1.